The van der Waals surface area contributed by atoms with Gasteiger partial charge in [-0.25, -0.2) is 0 Å². The topological polar surface area (TPSA) is 39.7 Å². The maximum absolute atomic E-state index is 4.41. The molecule has 0 atom stereocenters. The molecule has 0 radical (unpaired) electrons. The predicted molar refractivity (Wildman–Crippen MR) is 112 cm³/mol. The number of aliphatic imine (C=N–C) groups is 1. The third-order valence-electron chi connectivity index (χ3n) is 4.97. The highest BCUT2D eigenvalue weighted by molar-refractivity contribution is 5.86. The molecule has 1 saturated heterocycles. The van der Waals surface area contributed by atoms with Gasteiger partial charge in [-0.2, -0.15) is 0 Å². The van der Waals surface area contributed by atoms with Crippen molar-refractivity contribution in [3.05, 3.63) is 60.2 Å². The number of guanidine groups is 1. The first-order valence-corrected chi connectivity index (χ1v) is 9.46. The summed E-state index contributed by atoms with van der Waals surface area (Å²) in [7, 11) is 1.84. The molecule has 3 rings (SSSR count). The molecule has 4 nitrogen and oxygen atoms in total. The van der Waals surface area contributed by atoms with Crippen molar-refractivity contribution < 1.29 is 0 Å². The van der Waals surface area contributed by atoms with Crippen molar-refractivity contribution in [1.29, 1.82) is 0 Å². The molecule has 2 N–H and O–H groups in total. The van der Waals surface area contributed by atoms with Crippen molar-refractivity contribution in [3.63, 3.8) is 0 Å². The molecule has 0 bridgehead atoms. The number of likely N-dealkylation sites (tertiary alicyclic amines) is 1. The molecule has 1 aliphatic heterocycles. The summed E-state index contributed by atoms with van der Waals surface area (Å²) in [6.07, 6.45) is 2.28. The van der Waals surface area contributed by atoms with Gasteiger partial charge in [0.1, 0.15) is 0 Å². The molecule has 1 aliphatic rings. The highest BCUT2D eigenvalue weighted by atomic mass is 15.2. The second-order valence-electron chi connectivity index (χ2n) is 7.22. The summed E-state index contributed by atoms with van der Waals surface area (Å²) in [5, 5.41) is 9.64. The predicted octanol–water partition coefficient (Wildman–Crippen LogP) is 3.55. The minimum atomic E-state index is 0.482. The zero-order valence-electron chi connectivity index (χ0n) is 16.0. The van der Waals surface area contributed by atoms with Crippen molar-refractivity contribution in [2.45, 2.75) is 32.4 Å². The zero-order valence-corrected chi connectivity index (χ0v) is 16.0. The lowest BCUT2D eigenvalue weighted by Crippen LogP contribution is -2.48. The Bertz CT molecular complexity index is 767. The number of hydrogen-bond donors (Lipinski definition) is 2. The van der Waals surface area contributed by atoms with Gasteiger partial charge in [-0.1, -0.05) is 54.6 Å². The smallest absolute Gasteiger partial charge is 0.191 e. The summed E-state index contributed by atoms with van der Waals surface area (Å²) in [5.74, 6) is 0.885. The molecule has 0 aliphatic carbocycles. The van der Waals surface area contributed by atoms with Gasteiger partial charge in [-0.15, -0.1) is 0 Å². The maximum atomic E-state index is 4.41. The van der Waals surface area contributed by atoms with Crippen LogP contribution in [-0.4, -0.2) is 43.6 Å². The Morgan fingerprint density at radius 2 is 1.88 bits per heavy atom. The minimum absolute atomic E-state index is 0.482. The molecule has 138 valence electrons. The van der Waals surface area contributed by atoms with Gasteiger partial charge in [0.15, 0.2) is 5.96 Å². The van der Waals surface area contributed by atoms with E-state index in [0.29, 0.717) is 6.04 Å². The van der Waals surface area contributed by atoms with Gasteiger partial charge in [-0.05, 0) is 36.1 Å². The number of hydrogen-bond acceptors (Lipinski definition) is 2. The van der Waals surface area contributed by atoms with Crippen molar-refractivity contribution in [2.24, 2.45) is 4.99 Å². The third kappa shape index (κ3) is 4.85. The lowest BCUT2D eigenvalue weighted by molar-refractivity contribution is 0.221. The van der Waals surface area contributed by atoms with Crippen LogP contribution in [0.3, 0.4) is 0 Å². The molecule has 0 spiro atoms. The van der Waals surface area contributed by atoms with Gasteiger partial charge in [0.2, 0.25) is 0 Å². The van der Waals surface area contributed by atoms with E-state index in [1.165, 1.54) is 21.9 Å². The monoisotopic (exact) mass is 350 g/mol. The van der Waals surface area contributed by atoms with E-state index in [1.807, 2.05) is 7.05 Å². The first kappa shape index (κ1) is 18.5. The largest absolute Gasteiger partial charge is 0.354 e. The fraction of sp³-hybridized carbons (Fsp3) is 0.409. The fourth-order valence-corrected chi connectivity index (χ4v) is 3.63. The summed E-state index contributed by atoms with van der Waals surface area (Å²) in [4.78, 5) is 6.89. The van der Waals surface area contributed by atoms with Crippen LogP contribution in [0.15, 0.2) is 59.6 Å². The maximum Gasteiger partial charge on any atom is 0.191 e. The van der Waals surface area contributed by atoms with Crippen LogP contribution in [0.1, 0.15) is 25.3 Å². The lowest BCUT2D eigenvalue weighted by atomic mass is 10.0. The van der Waals surface area contributed by atoms with Gasteiger partial charge in [-0.3, -0.25) is 9.89 Å². The van der Waals surface area contributed by atoms with E-state index in [9.17, 15) is 0 Å². The van der Waals surface area contributed by atoms with Crippen LogP contribution in [0, 0.1) is 0 Å². The standard InChI is InChI=1S/C22H30N4/c1-17(2)16-26-13-11-20(12-14-26)25-22(23-3)24-15-19-9-6-8-18-7-4-5-10-21(18)19/h4-10,20H,1,11-16H2,2-3H3,(H2,23,24,25). The Balaban J connectivity index is 1.53. The quantitative estimate of drug-likeness (QED) is 0.492. The fourth-order valence-electron chi connectivity index (χ4n) is 3.63. The van der Waals surface area contributed by atoms with E-state index in [4.69, 9.17) is 0 Å². The number of fused-ring (bicyclic) bond motifs is 1. The highest BCUT2D eigenvalue weighted by Crippen LogP contribution is 2.18. The molecule has 0 saturated carbocycles. The normalized spacial score (nSPS) is 16.6. The number of rotatable bonds is 5. The molecule has 2 aromatic carbocycles. The number of piperidine rings is 1. The molecule has 4 heteroatoms. The Morgan fingerprint density at radius 3 is 2.62 bits per heavy atom. The van der Waals surface area contributed by atoms with E-state index in [1.54, 1.807) is 0 Å². The first-order chi connectivity index (χ1) is 12.7. The van der Waals surface area contributed by atoms with Gasteiger partial charge in [0.05, 0.1) is 0 Å². The Kier molecular flexibility index (Phi) is 6.29. The molecule has 1 heterocycles. The lowest BCUT2D eigenvalue weighted by Gasteiger charge is -2.33. The molecule has 0 amide bonds. The van der Waals surface area contributed by atoms with Gasteiger partial charge in [0, 0.05) is 39.3 Å². The average Bonchev–Trinajstić information content (AvgIpc) is 2.66. The molecule has 1 fully saturated rings. The van der Waals surface area contributed by atoms with E-state index in [-0.39, 0.29) is 0 Å². The Hall–Kier alpha value is -2.33. The van der Waals surface area contributed by atoms with Crippen LogP contribution >= 0.6 is 0 Å². The zero-order chi connectivity index (χ0) is 18.4. The van der Waals surface area contributed by atoms with Crippen LogP contribution in [0.5, 0.6) is 0 Å². The minimum Gasteiger partial charge on any atom is -0.354 e. The molecule has 0 aromatic heterocycles. The van der Waals surface area contributed by atoms with Crippen LogP contribution in [0.4, 0.5) is 0 Å². The second kappa shape index (κ2) is 8.86. The first-order valence-electron chi connectivity index (χ1n) is 9.46. The van der Waals surface area contributed by atoms with Crippen molar-refractivity contribution >= 4 is 16.7 Å². The molecule has 0 unspecified atom stereocenters. The third-order valence-corrected chi connectivity index (χ3v) is 4.97. The summed E-state index contributed by atoms with van der Waals surface area (Å²) in [5.41, 5.74) is 2.53. The SMILES string of the molecule is C=C(C)CN1CCC(NC(=NC)NCc2cccc3ccccc23)CC1. The van der Waals surface area contributed by atoms with Crippen molar-refractivity contribution in [3.8, 4) is 0 Å². The average molecular weight is 351 g/mol. The second-order valence-corrected chi connectivity index (χ2v) is 7.22. The van der Waals surface area contributed by atoms with Gasteiger partial charge in [0.25, 0.3) is 0 Å². The van der Waals surface area contributed by atoms with Crippen LogP contribution in [-0.2, 0) is 6.54 Å². The van der Waals surface area contributed by atoms with E-state index >= 15 is 0 Å². The van der Waals surface area contributed by atoms with Crippen molar-refractivity contribution in [1.82, 2.24) is 15.5 Å². The van der Waals surface area contributed by atoms with E-state index in [0.717, 1.165) is 45.0 Å². The van der Waals surface area contributed by atoms with Crippen LogP contribution in [0.2, 0.25) is 0 Å². The van der Waals surface area contributed by atoms with Gasteiger partial charge >= 0.3 is 0 Å². The Morgan fingerprint density at radius 1 is 1.15 bits per heavy atom. The molecular formula is C22H30N4. The summed E-state index contributed by atoms with van der Waals surface area (Å²) in [6.45, 7) is 10.1. The van der Waals surface area contributed by atoms with Crippen LogP contribution < -0.4 is 10.6 Å². The Labute approximate surface area is 157 Å². The number of benzene rings is 2. The van der Waals surface area contributed by atoms with E-state index < -0.39 is 0 Å². The molecule has 2 aromatic rings. The number of nitrogens with one attached hydrogen (secondary N) is 2. The number of nitrogens with zero attached hydrogens (tertiary/aromatic N) is 2. The van der Waals surface area contributed by atoms with Gasteiger partial charge < -0.3 is 10.6 Å². The van der Waals surface area contributed by atoms with E-state index in [2.05, 4.69) is 76.5 Å². The summed E-state index contributed by atoms with van der Waals surface area (Å²) < 4.78 is 0. The van der Waals surface area contributed by atoms with Crippen molar-refractivity contribution in [2.75, 3.05) is 26.7 Å². The summed E-state index contributed by atoms with van der Waals surface area (Å²) >= 11 is 0. The molecule has 26 heavy (non-hydrogen) atoms. The highest BCUT2D eigenvalue weighted by Gasteiger charge is 2.19. The van der Waals surface area contributed by atoms with Crippen LogP contribution in [0.25, 0.3) is 10.8 Å². The molecular weight excluding hydrogens is 320 g/mol. The summed E-state index contributed by atoms with van der Waals surface area (Å²) in [6, 6.07) is 15.5.